The van der Waals surface area contributed by atoms with Crippen molar-refractivity contribution in [1.82, 2.24) is 0 Å². The number of ketones is 1. The van der Waals surface area contributed by atoms with Crippen molar-refractivity contribution in [2.24, 2.45) is 5.73 Å². The minimum Gasteiger partial charge on any atom is -0.480 e. The molecular formula is C10H11ClN2O3. The largest absolute Gasteiger partial charge is 0.480 e. The van der Waals surface area contributed by atoms with Gasteiger partial charge in [-0.15, -0.1) is 0 Å². The normalized spacial score (nSPS) is 19.5. The summed E-state index contributed by atoms with van der Waals surface area (Å²) in [5, 5.41) is 8.54. The lowest BCUT2D eigenvalue weighted by atomic mass is 10.0. The van der Waals surface area contributed by atoms with Crippen LogP contribution in [0.15, 0.2) is 18.2 Å². The highest BCUT2D eigenvalue weighted by atomic mass is 35.5. The Hall–Kier alpha value is -1.59. The number of carboxylic acids is 1. The number of carboxylic acid groups (broad SMARTS) is 1. The summed E-state index contributed by atoms with van der Waals surface area (Å²) >= 11 is 5.60. The number of hydrogen-bond donors (Lipinski definition) is 3. The quantitative estimate of drug-likeness (QED) is 0.542. The fraction of sp³-hybridized carbons (Fsp3) is 0.200. The molecule has 1 aromatic rings. The first kappa shape index (κ1) is 6.88. The lowest BCUT2D eigenvalue weighted by Gasteiger charge is -2.07. The summed E-state index contributed by atoms with van der Waals surface area (Å²) in [5.74, 6) is -3.64. The molecule has 1 rings (SSSR count). The van der Waals surface area contributed by atoms with Gasteiger partial charge in [-0.1, -0.05) is 11.6 Å². The predicted octanol–water partition coefficient (Wildman–Crippen LogP) is 0.907. The van der Waals surface area contributed by atoms with E-state index < -0.39 is 47.5 Å². The number of nitrogens with two attached hydrogens (primary N) is 2. The van der Waals surface area contributed by atoms with Crippen molar-refractivity contribution < 1.29 is 21.5 Å². The third kappa shape index (κ3) is 2.95. The monoisotopic (exact) mass is 247 g/mol. The van der Waals surface area contributed by atoms with Gasteiger partial charge in [0, 0.05) is 25.4 Å². The average molecular weight is 248 g/mol. The van der Waals surface area contributed by atoms with Crippen molar-refractivity contribution in [3.63, 3.8) is 0 Å². The highest BCUT2D eigenvalue weighted by Crippen LogP contribution is 2.19. The maximum atomic E-state index is 12.2. The number of rotatable bonds is 4. The second-order valence-electron chi connectivity index (χ2n) is 2.75. The van der Waals surface area contributed by atoms with E-state index in [1.54, 1.807) is 0 Å². The Morgan fingerprint density at radius 2 is 2.31 bits per heavy atom. The van der Waals surface area contributed by atoms with Crippen molar-refractivity contribution in [3.05, 3.63) is 28.7 Å². The van der Waals surface area contributed by atoms with E-state index in [9.17, 15) is 9.59 Å². The van der Waals surface area contributed by atoms with Crippen LogP contribution in [0.5, 0.6) is 0 Å². The molecule has 0 fully saturated rings. The van der Waals surface area contributed by atoms with Gasteiger partial charge in [0.05, 0.1) is 4.11 Å². The highest BCUT2D eigenvalue weighted by molar-refractivity contribution is 6.31. The van der Waals surface area contributed by atoms with E-state index in [1.165, 1.54) is 0 Å². The van der Waals surface area contributed by atoms with Crippen LogP contribution in [0.3, 0.4) is 0 Å². The summed E-state index contributed by atoms with van der Waals surface area (Å²) in [6, 6.07) is -3.66. The maximum absolute atomic E-state index is 12.2. The third-order valence-corrected chi connectivity index (χ3v) is 1.79. The Morgan fingerprint density at radius 3 is 2.88 bits per heavy atom. The number of benzene rings is 1. The van der Waals surface area contributed by atoms with E-state index in [1.807, 2.05) is 0 Å². The standard InChI is InChI=1S/C10H11ClN2O3/c11-5-1-2-6(7(12)3-5)9(14)4-8(13)10(15)16/h1-3,8H,4,12-13H2,(H,15,16)/i1D,2D,4D2,8D. The molecule has 0 saturated heterocycles. The summed E-state index contributed by atoms with van der Waals surface area (Å²) in [6.45, 7) is 0. The van der Waals surface area contributed by atoms with E-state index in [2.05, 4.69) is 0 Å². The first-order valence-corrected chi connectivity index (χ1v) is 4.35. The molecule has 0 aliphatic carbocycles. The molecule has 0 bridgehead atoms. The number of hydrogen-bond acceptors (Lipinski definition) is 4. The molecule has 86 valence electrons. The van der Waals surface area contributed by atoms with Crippen molar-refractivity contribution in [3.8, 4) is 0 Å². The molecule has 0 spiro atoms. The van der Waals surface area contributed by atoms with Crippen LogP contribution in [-0.4, -0.2) is 22.9 Å². The summed E-state index contributed by atoms with van der Waals surface area (Å²) in [4.78, 5) is 23.0. The van der Waals surface area contributed by atoms with Crippen molar-refractivity contribution in [2.45, 2.75) is 12.4 Å². The second kappa shape index (κ2) is 4.96. The van der Waals surface area contributed by atoms with E-state index in [-0.39, 0.29) is 5.02 Å². The molecule has 16 heavy (non-hydrogen) atoms. The first-order chi connectivity index (χ1) is 9.35. The molecule has 0 heterocycles. The van der Waals surface area contributed by atoms with Gasteiger partial charge in [-0.3, -0.25) is 9.59 Å². The molecule has 6 heteroatoms. The maximum Gasteiger partial charge on any atom is 0.320 e. The Balaban J connectivity index is 3.53. The second-order valence-corrected chi connectivity index (χ2v) is 3.15. The topological polar surface area (TPSA) is 106 Å². The zero-order valence-electron chi connectivity index (χ0n) is 12.9. The number of aliphatic carboxylic acids is 1. The zero-order chi connectivity index (χ0) is 16.7. The summed E-state index contributed by atoms with van der Waals surface area (Å²) in [6.07, 6.45) is -3.37. The fourth-order valence-electron chi connectivity index (χ4n) is 0.865. The Morgan fingerprint density at radius 1 is 1.69 bits per heavy atom. The van der Waals surface area contributed by atoms with Gasteiger partial charge in [-0.25, -0.2) is 0 Å². The lowest BCUT2D eigenvalue weighted by Crippen LogP contribution is -2.32. The van der Waals surface area contributed by atoms with Gasteiger partial charge in [0.1, 0.15) is 6.02 Å². The minimum atomic E-state index is -3.37. The molecule has 0 amide bonds. The summed E-state index contributed by atoms with van der Waals surface area (Å²) < 4.78 is 37.4. The zero-order valence-corrected chi connectivity index (χ0v) is 8.63. The number of halogens is 1. The number of carbonyl (C=O) groups excluding carboxylic acids is 1. The van der Waals surface area contributed by atoms with Gasteiger partial charge >= 0.3 is 5.97 Å². The summed E-state index contributed by atoms with van der Waals surface area (Å²) in [7, 11) is 0. The van der Waals surface area contributed by atoms with Crippen LogP contribution in [0.4, 0.5) is 5.69 Å². The van der Waals surface area contributed by atoms with Crippen LogP contribution in [0.25, 0.3) is 0 Å². The highest BCUT2D eigenvalue weighted by Gasteiger charge is 2.18. The summed E-state index contributed by atoms with van der Waals surface area (Å²) in [5.41, 5.74) is 9.38. The number of carbonyl (C=O) groups is 2. The first-order valence-electron chi connectivity index (χ1n) is 6.48. The van der Waals surface area contributed by atoms with Crippen LogP contribution in [0.1, 0.15) is 23.6 Å². The van der Waals surface area contributed by atoms with Gasteiger partial charge in [-0.2, -0.15) is 0 Å². The van der Waals surface area contributed by atoms with Gasteiger partial charge in [0.2, 0.25) is 0 Å². The molecule has 0 radical (unpaired) electrons. The Bertz CT molecular complexity index is 636. The van der Waals surface area contributed by atoms with Crippen molar-refractivity contribution in [2.75, 3.05) is 5.73 Å². The molecule has 0 aromatic heterocycles. The lowest BCUT2D eigenvalue weighted by molar-refractivity contribution is -0.138. The van der Waals surface area contributed by atoms with Gasteiger partial charge in [0.25, 0.3) is 0 Å². The van der Waals surface area contributed by atoms with Crippen LogP contribution in [0, 0.1) is 0 Å². The molecule has 5 nitrogen and oxygen atoms in total. The van der Waals surface area contributed by atoms with E-state index in [0.717, 1.165) is 6.07 Å². The van der Waals surface area contributed by atoms with Gasteiger partial charge < -0.3 is 16.6 Å². The van der Waals surface area contributed by atoms with Crippen LogP contribution in [0.2, 0.25) is 5.02 Å². The molecule has 0 aliphatic rings. The Kier molecular flexibility index (Phi) is 2.13. The van der Waals surface area contributed by atoms with Crippen LogP contribution in [-0.2, 0) is 4.79 Å². The van der Waals surface area contributed by atoms with E-state index >= 15 is 0 Å². The van der Waals surface area contributed by atoms with E-state index in [0.29, 0.717) is 0 Å². The predicted molar refractivity (Wildman–Crippen MR) is 60.4 cm³/mol. The minimum absolute atomic E-state index is 0.224. The number of anilines is 1. The van der Waals surface area contributed by atoms with Crippen LogP contribution < -0.4 is 11.5 Å². The number of nitrogen functional groups attached to an aromatic ring is 1. The Labute approximate surface area is 104 Å². The average Bonchev–Trinajstić information content (AvgIpc) is 2.35. The molecule has 1 atom stereocenters. The van der Waals surface area contributed by atoms with Gasteiger partial charge in [0.15, 0.2) is 5.78 Å². The molecular weight excluding hydrogens is 232 g/mol. The van der Waals surface area contributed by atoms with Gasteiger partial charge in [-0.05, 0) is 18.2 Å². The van der Waals surface area contributed by atoms with Crippen molar-refractivity contribution in [1.29, 1.82) is 0 Å². The smallest absolute Gasteiger partial charge is 0.320 e. The number of Topliss-reactive ketones (excluding diaryl/α,β-unsaturated/α-hetero) is 1. The SMILES string of the molecule is [2H]c1c(Cl)cc(N)c(C(=O)C([2H])([2H])C([2H])(N)C(=O)O)c1[2H]. The third-order valence-electron chi connectivity index (χ3n) is 1.58. The van der Waals surface area contributed by atoms with E-state index in [4.69, 9.17) is 35.0 Å². The van der Waals surface area contributed by atoms with Crippen LogP contribution >= 0.6 is 11.6 Å². The molecule has 1 aromatic carbocycles. The molecule has 1 unspecified atom stereocenters. The molecule has 5 N–H and O–H groups in total. The van der Waals surface area contributed by atoms with Crippen molar-refractivity contribution >= 4 is 29.0 Å². The fourth-order valence-corrected chi connectivity index (χ4v) is 1.03. The molecule has 0 saturated carbocycles. The molecule has 0 aliphatic heterocycles.